The van der Waals surface area contributed by atoms with Crippen molar-refractivity contribution in [3.8, 4) is 11.1 Å². The molecule has 1 N–H and O–H groups in total. The zero-order chi connectivity index (χ0) is 14.6. The number of aliphatic hydroxyl groups is 1. The second-order valence-electron chi connectivity index (χ2n) is 4.92. The monoisotopic (exact) mass is 270 g/mol. The Bertz CT molecular complexity index is 561. The summed E-state index contributed by atoms with van der Waals surface area (Å²) in [6.45, 7) is 3.54. The fraction of sp³-hybridized carbons (Fsp3) is 0.235. The van der Waals surface area contributed by atoms with Crippen molar-refractivity contribution in [1.82, 2.24) is 0 Å². The van der Waals surface area contributed by atoms with Gasteiger partial charge in [0.1, 0.15) is 0 Å². The first kappa shape index (κ1) is 14.4. The average molecular weight is 270 g/mol. The minimum Gasteiger partial charge on any atom is -0.356 e. The number of carbonyl (C=O) groups is 1. The topological polar surface area (TPSA) is 46.5 Å². The number of ether oxygens (including phenoxy) is 1. The maximum atomic E-state index is 11.1. The molecule has 0 saturated carbocycles. The van der Waals surface area contributed by atoms with E-state index in [0.29, 0.717) is 11.8 Å². The van der Waals surface area contributed by atoms with Crippen LogP contribution in [0.25, 0.3) is 11.1 Å². The predicted molar refractivity (Wildman–Crippen MR) is 78.1 cm³/mol. The third kappa shape index (κ3) is 3.13. The molecule has 0 aromatic heterocycles. The molecule has 0 radical (unpaired) electrons. The first-order valence-corrected chi connectivity index (χ1v) is 6.57. The molecule has 0 aliphatic carbocycles. The maximum Gasteiger partial charge on any atom is 0.251 e. The number of aldehydes is 1. The van der Waals surface area contributed by atoms with E-state index in [9.17, 15) is 9.90 Å². The van der Waals surface area contributed by atoms with E-state index in [1.807, 2.05) is 42.5 Å². The van der Waals surface area contributed by atoms with Crippen LogP contribution in [0.4, 0.5) is 0 Å². The highest BCUT2D eigenvalue weighted by Crippen LogP contribution is 2.26. The van der Waals surface area contributed by atoms with Crippen LogP contribution >= 0.6 is 0 Å². The molecule has 0 bridgehead atoms. The van der Waals surface area contributed by atoms with Gasteiger partial charge in [0.05, 0.1) is 6.10 Å². The van der Waals surface area contributed by atoms with Gasteiger partial charge in [-0.1, -0.05) is 54.6 Å². The fourth-order valence-electron chi connectivity index (χ4n) is 2.06. The number of hydrogen-bond acceptors (Lipinski definition) is 3. The zero-order valence-corrected chi connectivity index (χ0v) is 11.6. The van der Waals surface area contributed by atoms with Crippen LogP contribution in [-0.4, -0.2) is 17.5 Å². The lowest BCUT2D eigenvalue weighted by molar-refractivity contribution is -0.214. The molecule has 2 aromatic rings. The van der Waals surface area contributed by atoms with Crippen LogP contribution in [0.15, 0.2) is 54.6 Å². The summed E-state index contributed by atoms with van der Waals surface area (Å²) in [5, 5.41) is 10.2. The van der Waals surface area contributed by atoms with Gasteiger partial charge in [-0.05, 0) is 25.0 Å². The molecule has 0 aliphatic heterocycles. The zero-order valence-electron chi connectivity index (χ0n) is 11.6. The SMILES string of the molecule is CC(C)O[C@](O)(C=O)c1ccc(-c2ccccc2)cc1. The highest BCUT2D eigenvalue weighted by Gasteiger charge is 2.31. The van der Waals surface area contributed by atoms with E-state index in [2.05, 4.69) is 0 Å². The van der Waals surface area contributed by atoms with Crippen molar-refractivity contribution in [3.05, 3.63) is 60.2 Å². The lowest BCUT2D eigenvalue weighted by Crippen LogP contribution is -2.33. The lowest BCUT2D eigenvalue weighted by atomic mass is 10.0. The third-order valence-electron chi connectivity index (χ3n) is 2.98. The van der Waals surface area contributed by atoms with E-state index in [1.54, 1.807) is 26.0 Å². The Morgan fingerprint density at radius 2 is 1.55 bits per heavy atom. The minimum atomic E-state index is -1.89. The minimum absolute atomic E-state index is 0.251. The molecule has 20 heavy (non-hydrogen) atoms. The second kappa shape index (κ2) is 5.99. The van der Waals surface area contributed by atoms with Crippen molar-refractivity contribution in [3.63, 3.8) is 0 Å². The van der Waals surface area contributed by atoms with E-state index in [4.69, 9.17) is 4.74 Å². The van der Waals surface area contributed by atoms with Gasteiger partial charge in [-0.2, -0.15) is 0 Å². The molecule has 2 rings (SSSR count). The van der Waals surface area contributed by atoms with Crippen molar-refractivity contribution in [2.24, 2.45) is 0 Å². The molecule has 0 saturated heterocycles. The highest BCUT2D eigenvalue weighted by molar-refractivity contribution is 5.67. The smallest absolute Gasteiger partial charge is 0.251 e. The predicted octanol–water partition coefficient (Wildman–Crippen LogP) is 3.12. The summed E-state index contributed by atoms with van der Waals surface area (Å²) in [5.74, 6) is -1.89. The summed E-state index contributed by atoms with van der Waals surface area (Å²) in [5.41, 5.74) is 2.53. The lowest BCUT2D eigenvalue weighted by Gasteiger charge is -2.25. The molecule has 0 amide bonds. The molecule has 2 aromatic carbocycles. The number of carbonyl (C=O) groups excluding carboxylic acids is 1. The Hall–Kier alpha value is -1.97. The van der Waals surface area contributed by atoms with Crippen molar-refractivity contribution in [1.29, 1.82) is 0 Å². The molecule has 0 unspecified atom stereocenters. The van der Waals surface area contributed by atoms with E-state index in [1.165, 1.54) is 0 Å². The maximum absolute atomic E-state index is 11.1. The van der Waals surface area contributed by atoms with Gasteiger partial charge in [-0.15, -0.1) is 0 Å². The Kier molecular flexibility index (Phi) is 4.32. The van der Waals surface area contributed by atoms with Gasteiger partial charge < -0.3 is 9.84 Å². The summed E-state index contributed by atoms with van der Waals surface area (Å²) in [6, 6.07) is 17.0. The summed E-state index contributed by atoms with van der Waals surface area (Å²) in [4.78, 5) is 11.1. The van der Waals surface area contributed by atoms with Gasteiger partial charge in [0.15, 0.2) is 6.29 Å². The first-order chi connectivity index (χ1) is 9.55. The van der Waals surface area contributed by atoms with Crippen LogP contribution in [0.3, 0.4) is 0 Å². The number of benzene rings is 2. The van der Waals surface area contributed by atoms with E-state index in [0.717, 1.165) is 11.1 Å². The van der Waals surface area contributed by atoms with Gasteiger partial charge in [-0.25, -0.2) is 0 Å². The van der Waals surface area contributed by atoms with E-state index in [-0.39, 0.29) is 6.10 Å². The quantitative estimate of drug-likeness (QED) is 0.670. The van der Waals surface area contributed by atoms with E-state index < -0.39 is 5.79 Å². The number of rotatable bonds is 5. The third-order valence-corrected chi connectivity index (χ3v) is 2.98. The Labute approximate surface area is 118 Å². The number of hydrogen-bond donors (Lipinski definition) is 1. The molecular weight excluding hydrogens is 252 g/mol. The summed E-state index contributed by atoms with van der Waals surface area (Å²) >= 11 is 0. The summed E-state index contributed by atoms with van der Waals surface area (Å²) < 4.78 is 5.31. The Morgan fingerprint density at radius 1 is 1.00 bits per heavy atom. The van der Waals surface area contributed by atoms with E-state index >= 15 is 0 Å². The highest BCUT2D eigenvalue weighted by atomic mass is 16.6. The standard InChI is InChI=1S/C17H18O3/c1-13(2)20-17(19,12-18)16-10-8-15(9-11-16)14-6-4-3-5-7-14/h3-13,19H,1-2H3/t17-/m1/s1. The Morgan fingerprint density at radius 3 is 2.05 bits per heavy atom. The molecule has 0 spiro atoms. The van der Waals surface area contributed by atoms with Crippen LogP contribution in [0.5, 0.6) is 0 Å². The summed E-state index contributed by atoms with van der Waals surface area (Å²) in [7, 11) is 0. The van der Waals surface area contributed by atoms with Crippen LogP contribution in [0.1, 0.15) is 19.4 Å². The van der Waals surface area contributed by atoms with Crippen molar-refractivity contribution in [2.45, 2.75) is 25.7 Å². The second-order valence-corrected chi connectivity index (χ2v) is 4.92. The van der Waals surface area contributed by atoms with Crippen LogP contribution in [-0.2, 0) is 15.3 Å². The first-order valence-electron chi connectivity index (χ1n) is 6.57. The molecule has 3 nitrogen and oxygen atoms in total. The van der Waals surface area contributed by atoms with Crippen molar-refractivity contribution in [2.75, 3.05) is 0 Å². The normalized spacial score (nSPS) is 14.0. The summed E-state index contributed by atoms with van der Waals surface area (Å²) in [6.07, 6.45) is 0.170. The van der Waals surface area contributed by atoms with Gasteiger partial charge >= 0.3 is 0 Å². The van der Waals surface area contributed by atoms with Crippen LogP contribution < -0.4 is 0 Å². The fourth-order valence-corrected chi connectivity index (χ4v) is 2.06. The molecule has 3 heteroatoms. The Balaban J connectivity index is 2.30. The molecule has 0 heterocycles. The van der Waals surface area contributed by atoms with Gasteiger partial charge in [0, 0.05) is 5.56 Å². The van der Waals surface area contributed by atoms with Gasteiger partial charge in [0.2, 0.25) is 0 Å². The molecule has 0 aliphatic rings. The molecule has 0 fully saturated rings. The largest absolute Gasteiger partial charge is 0.356 e. The molecular formula is C17H18O3. The molecule has 1 atom stereocenters. The van der Waals surface area contributed by atoms with Crippen LogP contribution in [0, 0.1) is 0 Å². The average Bonchev–Trinajstić information content (AvgIpc) is 2.47. The van der Waals surface area contributed by atoms with Crippen LogP contribution in [0.2, 0.25) is 0 Å². The van der Waals surface area contributed by atoms with Gasteiger partial charge in [0.25, 0.3) is 5.79 Å². The van der Waals surface area contributed by atoms with Crippen molar-refractivity contribution < 1.29 is 14.6 Å². The van der Waals surface area contributed by atoms with Crippen molar-refractivity contribution >= 4 is 6.29 Å². The van der Waals surface area contributed by atoms with Gasteiger partial charge in [-0.3, -0.25) is 4.79 Å². The molecule has 104 valence electrons.